The lowest BCUT2D eigenvalue weighted by Crippen LogP contribution is -2.37. The molecule has 0 fully saturated rings. The fourth-order valence-corrected chi connectivity index (χ4v) is 3.63. The van der Waals surface area contributed by atoms with Crippen LogP contribution in [0.5, 0.6) is 0 Å². The van der Waals surface area contributed by atoms with Crippen LogP contribution in [0.1, 0.15) is 6.92 Å². The van der Waals surface area contributed by atoms with Crippen LogP contribution >= 0.6 is 11.8 Å². The van der Waals surface area contributed by atoms with Crippen molar-refractivity contribution in [1.82, 2.24) is 15.3 Å². The predicted octanol–water partition coefficient (Wildman–Crippen LogP) is 2.52. The number of hydrogen-bond acceptors (Lipinski definition) is 5. The molecule has 8 heteroatoms. The third kappa shape index (κ3) is 3.06. The Bertz CT molecular complexity index is 982. The third-order valence-electron chi connectivity index (χ3n) is 3.79. The van der Waals surface area contributed by atoms with E-state index in [0.717, 1.165) is 11.0 Å². The van der Waals surface area contributed by atoms with E-state index in [-0.39, 0.29) is 11.8 Å². The Morgan fingerprint density at radius 1 is 1.15 bits per heavy atom. The summed E-state index contributed by atoms with van der Waals surface area (Å²) in [6.07, 6.45) is 0. The fraction of sp³-hybridized carbons (Fsp3) is 0.111. The lowest BCUT2D eigenvalue weighted by atomic mass is 10.3. The highest BCUT2D eigenvalue weighted by Gasteiger charge is 2.39. The Labute approximate surface area is 153 Å². The van der Waals surface area contributed by atoms with Crippen molar-refractivity contribution >= 4 is 46.1 Å². The van der Waals surface area contributed by atoms with Crippen LogP contribution in [0.15, 0.2) is 64.9 Å². The van der Waals surface area contributed by atoms with Gasteiger partial charge in [0.1, 0.15) is 0 Å². The number of aromatic nitrogens is 2. The molecule has 0 radical (unpaired) electrons. The molecule has 0 aliphatic carbocycles. The zero-order valence-corrected chi connectivity index (χ0v) is 14.7. The topological polar surface area (TPSA) is 90.4 Å². The first-order chi connectivity index (χ1) is 12.6. The van der Waals surface area contributed by atoms with Gasteiger partial charge in [-0.05, 0) is 24.3 Å². The van der Waals surface area contributed by atoms with Crippen molar-refractivity contribution < 1.29 is 9.59 Å². The smallest absolute Gasteiger partial charge is 0.268 e. The van der Waals surface area contributed by atoms with Gasteiger partial charge in [0.15, 0.2) is 16.2 Å². The Balaban J connectivity index is 1.65. The fourth-order valence-electron chi connectivity index (χ4n) is 2.67. The molecule has 1 aromatic heterocycles. The van der Waals surface area contributed by atoms with Crippen molar-refractivity contribution in [1.29, 1.82) is 0 Å². The highest BCUT2D eigenvalue weighted by molar-refractivity contribution is 8.01. The molecule has 4 rings (SSSR count). The van der Waals surface area contributed by atoms with Crippen molar-refractivity contribution in [2.75, 3.05) is 5.01 Å². The van der Waals surface area contributed by atoms with Gasteiger partial charge in [0.25, 0.3) is 5.91 Å². The summed E-state index contributed by atoms with van der Waals surface area (Å²) >= 11 is 1.23. The number of para-hydroxylation sites is 3. The minimum Gasteiger partial charge on any atom is -0.333 e. The number of hydrazone groups is 1. The molecule has 2 heterocycles. The molecular weight excluding hydrogens is 350 g/mol. The first-order valence-electron chi connectivity index (χ1n) is 7.98. The van der Waals surface area contributed by atoms with Crippen LogP contribution < -0.4 is 10.3 Å². The number of aromatic amines is 1. The maximum absolute atomic E-state index is 12.9. The summed E-state index contributed by atoms with van der Waals surface area (Å²) in [6.45, 7) is 1.39. The van der Waals surface area contributed by atoms with E-state index in [2.05, 4.69) is 20.4 Å². The summed E-state index contributed by atoms with van der Waals surface area (Å²) in [4.78, 5) is 32.1. The number of imidazole rings is 1. The van der Waals surface area contributed by atoms with E-state index in [4.69, 9.17) is 0 Å². The number of thioether (sulfide) groups is 1. The highest BCUT2D eigenvalue weighted by Crippen LogP contribution is 2.30. The van der Waals surface area contributed by atoms with E-state index >= 15 is 0 Å². The molecule has 0 spiro atoms. The summed E-state index contributed by atoms with van der Waals surface area (Å²) in [5, 5.41) is 8.20. The van der Waals surface area contributed by atoms with Gasteiger partial charge in [-0.2, -0.15) is 5.01 Å². The van der Waals surface area contributed by atoms with Crippen LogP contribution in [-0.4, -0.2) is 32.9 Å². The second-order valence-electron chi connectivity index (χ2n) is 5.71. The van der Waals surface area contributed by atoms with E-state index in [1.807, 2.05) is 42.5 Å². The minimum absolute atomic E-state index is 0.231. The van der Waals surface area contributed by atoms with Gasteiger partial charge < -0.3 is 10.3 Å². The van der Waals surface area contributed by atoms with Gasteiger partial charge in [-0.1, -0.05) is 42.1 Å². The minimum atomic E-state index is -0.681. The molecule has 2 aromatic carbocycles. The van der Waals surface area contributed by atoms with Crippen LogP contribution in [-0.2, 0) is 9.59 Å². The first kappa shape index (κ1) is 16.3. The highest BCUT2D eigenvalue weighted by atomic mass is 32.2. The number of nitrogens with one attached hydrogen (secondary N) is 2. The quantitative estimate of drug-likeness (QED) is 0.746. The SMILES string of the molecule is CC(=O)NC1=NN(c2ccccc2)C(=O)[C@@H]1Sc1nc2ccccc2[nH]1. The maximum Gasteiger partial charge on any atom is 0.268 e. The van der Waals surface area contributed by atoms with Crippen LogP contribution in [0.25, 0.3) is 11.0 Å². The maximum atomic E-state index is 12.9. The van der Waals surface area contributed by atoms with E-state index < -0.39 is 5.25 Å². The van der Waals surface area contributed by atoms with Gasteiger partial charge in [-0.25, -0.2) is 4.98 Å². The standard InChI is InChI=1S/C18H15N5O2S/c1-11(24)19-16-15(17(25)23(22-16)12-7-3-2-4-8-12)26-18-20-13-9-5-6-10-14(13)21-18/h2-10,15H,1H3,(H,20,21)(H,19,22,24)/t15-/m1/s1. The molecule has 7 nitrogen and oxygen atoms in total. The Morgan fingerprint density at radius 3 is 2.62 bits per heavy atom. The second kappa shape index (κ2) is 6.64. The van der Waals surface area contributed by atoms with Crippen LogP contribution in [0.4, 0.5) is 5.69 Å². The molecule has 26 heavy (non-hydrogen) atoms. The van der Waals surface area contributed by atoms with Crippen molar-refractivity contribution in [3.8, 4) is 0 Å². The average molecular weight is 365 g/mol. The van der Waals surface area contributed by atoms with Crippen molar-refractivity contribution in [2.45, 2.75) is 17.3 Å². The van der Waals surface area contributed by atoms with Crippen LogP contribution in [0.2, 0.25) is 0 Å². The van der Waals surface area contributed by atoms with Gasteiger partial charge in [0.05, 0.1) is 16.7 Å². The number of rotatable bonds is 3. The molecule has 0 unspecified atom stereocenters. The number of H-pyrrole nitrogens is 1. The van der Waals surface area contributed by atoms with Crippen molar-refractivity contribution in [2.24, 2.45) is 5.10 Å². The van der Waals surface area contributed by atoms with Crippen LogP contribution in [0.3, 0.4) is 0 Å². The monoisotopic (exact) mass is 365 g/mol. The molecule has 2 amide bonds. The van der Waals surface area contributed by atoms with Crippen molar-refractivity contribution in [3.05, 3.63) is 54.6 Å². The number of amides is 2. The zero-order chi connectivity index (χ0) is 18.1. The van der Waals surface area contributed by atoms with Gasteiger partial charge in [-0.15, -0.1) is 5.10 Å². The van der Waals surface area contributed by atoms with Gasteiger partial charge >= 0.3 is 0 Å². The summed E-state index contributed by atoms with van der Waals surface area (Å²) < 4.78 is 0. The molecule has 1 aliphatic heterocycles. The van der Waals surface area contributed by atoms with Gasteiger partial charge in [0, 0.05) is 6.92 Å². The normalized spacial score (nSPS) is 16.8. The number of carbonyl (C=O) groups excluding carboxylic acids is 2. The number of hydrogen-bond donors (Lipinski definition) is 2. The number of carbonyl (C=O) groups is 2. The third-order valence-corrected chi connectivity index (χ3v) is 4.87. The van der Waals surface area contributed by atoms with Gasteiger partial charge in [-0.3, -0.25) is 9.59 Å². The molecular formula is C18H15N5O2S. The summed E-state index contributed by atoms with van der Waals surface area (Å²) in [7, 11) is 0. The lowest BCUT2D eigenvalue weighted by Gasteiger charge is -2.13. The van der Waals surface area contributed by atoms with E-state index in [1.165, 1.54) is 23.7 Å². The van der Waals surface area contributed by atoms with Crippen LogP contribution in [0, 0.1) is 0 Å². The Hall–Kier alpha value is -3.13. The van der Waals surface area contributed by atoms with E-state index in [9.17, 15) is 9.59 Å². The molecule has 0 bridgehead atoms. The first-order valence-corrected chi connectivity index (χ1v) is 8.86. The Morgan fingerprint density at radius 2 is 1.88 bits per heavy atom. The molecule has 1 aliphatic rings. The molecule has 0 saturated heterocycles. The zero-order valence-electron chi connectivity index (χ0n) is 13.8. The average Bonchev–Trinajstić information content (AvgIpc) is 3.18. The van der Waals surface area contributed by atoms with E-state index in [0.29, 0.717) is 16.7 Å². The summed E-state index contributed by atoms with van der Waals surface area (Å²) in [6, 6.07) is 16.7. The van der Waals surface area contributed by atoms with Gasteiger partial charge in [0.2, 0.25) is 5.91 Å². The summed E-state index contributed by atoms with van der Waals surface area (Å²) in [5.41, 5.74) is 2.35. The second-order valence-corrected chi connectivity index (χ2v) is 6.80. The van der Waals surface area contributed by atoms with E-state index in [1.54, 1.807) is 12.1 Å². The molecule has 1 atom stereocenters. The van der Waals surface area contributed by atoms with Crippen molar-refractivity contribution in [3.63, 3.8) is 0 Å². The molecule has 3 aromatic rings. The number of amidine groups is 1. The predicted molar refractivity (Wildman–Crippen MR) is 101 cm³/mol. The number of fused-ring (bicyclic) bond motifs is 1. The summed E-state index contributed by atoms with van der Waals surface area (Å²) in [5.74, 6) is -0.205. The molecule has 0 saturated carbocycles. The Kier molecular flexibility index (Phi) is 4.18. The lowest BCUT2D eigenvalue weighted by molar-refractivity contribution is -0.117. The number of nitrogens with zero attached hydrogens (tertiary/aromatic N) is 3. The number of benzene rings is 2. The number of anilines is 1. The molecule has 2 N–H and O–H groups in total. The largest absolute Gasteiger partial charge is 0.333 e. The molecule has 130 valence electrons.